The lowest BCUT2D eigenvalue weighted by molar-refractivity contribution is -0.0920. The minimum Gasteiger partial charge on any atom is -0.381 e. The maximum absolute atomic E-state index is 5.39. The maximum atomic E-state index is 5.39. The molecule has 1 aliphatic carbocycles. The second-order valence-corrected chi connectivity index (χ2v) is 5.51. The van der Waals surface area contributed by atoms with Gasteiger partial charge in [-0.1, -0.05) is 13.8 Å². The number of rotatable bonds is 3. The average molecular weight is 230 g/mol. The van der Waals surface area contributed by atoms with Crippen molar-refractivity contribution in [2.24, 2.45) is 5.41 Å². The zero-order valence-corrected chi connectivity index (χ0v) is 11.1. The highest BCUT2D eigenvalue weighted by Crippen LogP contribution is 2.42. The van der Waals surface area contributed by atoms with E-state index in [1.165, 1.54) is 0 Å². The first-order valence-electron chi connectivity index (χ1n) is 5.47. The molecule has 0 aromatic heterocycles. The van der Waals surface area contributed by atoms with Crippen molar-refractivity contribution in [3.8, 4) is 0 Å². The van der Waals surface area contributed by atoms with Crippen LogP contribution in [0.3, 0.4) is 0 Å². The van der Waals surface area contributed by atoms with Crippen LogP contribution in [-0.2, 0) is 4.74 Å². The topological polar surface area (TPSA) is 33.3 Å². The van der Waals surface area contributed by atoms with Gasteiger partial charge in [0.05, 0.1) is 6.10 Å². The largest absolute Gasteiger partial charge is 0.381 e. The minimum atomic E-state index is 0.164. The van der Waals surface area contributed by atoms with E-state index in [2.05, 4.69) is 38.3 Å². The molecule has 0 spiro atoms. The third-order valence-electron chi connectivity index (χ3n) is 3.19. The summed E-state index contributed by atoms with van der Waals surface area (Å²) < 4.78 is 5.39. The van der Waals surface area contributed by atoms with Gasteiger partial charge in [-0.15, -0.1) is 0 Å². The van der Waals surface area contributed by atoms with E-state index in [4.69, 9.17) is 17.0 Å². The molecular formula is C11H22N2OS. The fourth-order valence-corrected chi connectivity index (χ4v) is 2.37. The van der Waals surface area contributed by atoms with Gasteiger partial charge in [0.1, 0.15) is 0 Å². The Bertz CT molecular complexity index is 241. The smallest absolute Gasteiger partial charge is 0.166 e. The van der Waals surface area contributed by atoms with E-state index < -0.39 is 0 Å². The molecule has 0 bridgehead atoms. The Morgan fingerprint density at radius 1 is 1.47 bits per heavy atom. The third-order valence-corrected chi connectivity index (χ3v) is 3.42. The molecule has 0 heterocycles. The highest BCUT2D eigenvalue weighted by atomic mass is 32.1. The standard InChI is InChI=1S/C11H22N2OS/c1-7(2)12-10(15)13-8-6-9(14-5)11(8,3)4/h7-9H,6H2,1-5H3,(H2,12,13,15). The van der Waals surface area contributed by atoms with Gasteiger partial charge in [-0.25, -0.2) is 0 Å². The second-order valence-electron chi connectivity index (χ2n) is 5.11. The normalized spacial score (nSPS) is 28.4. The molecule has 1 rings (SSSR count). The van der Waals surface area contributed by atoms with Gasteiger partial charge in [0.2, 0.25) is 0 Å². The third kappa shape index (κ3) is 2.82. The number of methoxy groups -OCH3 is 1. The molecular weight excluding hydrogens is 208 g/mol. The second kappa shape index (κ2) is 4.66. The Balaban J connectivity index is 2.39. The van der Waals surface area contributed by atoms with Crippen molar-refractivity contribution < 1.29 is 4.74 Å². The first kappa shape index (κ1) is 12.7. The fourth-order valence-electron chi connectivity index (χ4n) is 1.99. The van der Waals surface area contributed by atoms with E-state index in [-0.39, 0.29) is 5.41 Å². The van der Waals surface area contributed by atoms with Crippen LogP contribution in [0.1, 0.15) is 34.1 Å². The molecule has 15 heavy (non-hydrogen) atoms. The average Bonchev–Trinajstić information content (AvgIpc) is 2.10. The van der Waals surface area contributed by atoms with Crippen LogP contribution in [0.2, 0.25) is 0 Å². The van der Waals surface area contributed by atoms with Crippen LogP contribution in [0.5, 0.6) is 0 Å². The van der Waals surface area contributed by atoms with Crippen molar-refractivity contribution in [3.63, 3.8) is 0 Å². The molecule has 0 radical (unpaired) electrons. The molecule has 1 saturated carbocycles. The van der Waals surface area contributed by atoms with Crippen LogP contribution < -0.4 is 10.6 Å². The summed E-state index contributed by atoms with van der Waals surface area (Å²) in [6.45, 7) is 8.58. The summed E-state index contributed by atoms with van der Waals surface area (Å²) in [7, 11) is 1.77. The first-order chi connectivity index (χ1) is 6.87. The molecule has 2 unspecified atom stereocenters. The Hall–Kier alpha value is -0.350. The van der Waals surface area contributed by atoms with Crippen LogP contribution in [0.15, 0.2) is 0 Å². The van der Waals surface area contributed by atoms with Gasteiger partial charge in [0.25, 0.3) is 0 Å². The van der Waals surface area contributed by atoms with Crippen molar-refractivity contribution >= 4 is 17.3 Å². The molecule has 2 atom stereocenters. The fraction of sp³-hybridized carbons (Fsp3) is 0.909. The van der Waals surface area contributed by atoms with Crippen LogP contribution in [0, 0.1) is 5.41 Å². The lowest BCUT2D eigenvalue weighted by Crippen LogP contribution is -2.63. The molecule has 3 nitrogen and oxygen atoms in total. The van der Waals surface area contributed by atoms with Crippen molar-refractivity contribution in [2.45, 2.75) is 52.3 Å². The summed E-state index contributed by atoms with van der Waals surface area (Å²) in [5, 5.41) is 7.28. The van der Waals surface area contributed by atoms with Crippen LogP contribution >= 0.6 is 12.2 Å². The Kier molecular flexibility index (Phi) is 3.95. The van der Waals surface area contributed by atoms with E-state index in [0.29, 0.717) is 18.2 Å². The van der Waals surface area contributed by atoms with Gasteiger partial charge in [0, 0.05) is 24.6 Å². The summed E-state index contributed by atoms with van der Waals surface area (Å²) in [6, 6.07) is 0.799. The molecule has 0 amide bonds. The summed E-state index contributed by atoms with van der Waals surface area (Å²) in [5.41, 5.74) is 0.164. The lowest BCUT2D eigenvalue weighted by Gasteiger charge is -2.51. The zero-order valence-electron chi connectivity index (χ0n) is 10.3. The first-order valence-corrected chi connectivity index (χ1v) is 5.88. The summed E-state index contributed by atoms with van der Waals surface area (Å²) in [6.07, 6.45) is 1.38. The molecule has 0 aromatic rings. The van der Waals surface area contributed by atoms with E-state index in [0.717, 1.165) is 11.5 Å². The van der Waals surface area contributed by atoms with Crippen molar-refractivity contribution in [1.29, 1.82) is 0 Å². The molecule has 0 aliphatic heterocycles. The molecule has 1 aliphatic rings. The number of thiocarbonyl (C=S) groups is 1. The van der Waals surface area contributed by atoms with E-state index in [1.54, 1.807) is 7.11 Å². The Morgan fingerprint density at radius 3 is 2.47 bits per heavy atom. The molecule has 0 aromatic carbocycles. The minimum absolute atomic E-state index is 0.164. The monoisotopic (exact) mass is 230 g/mol. The lowest BCUT2D eigenvalue weighted by atomic mass is 9.64. The summed E-state index contributed by atoms with van der Waals surface area (Å²) in [5.74, 6) is 0. The predicted molar refractivity (Wildman–Crippen MR) is 67.0 cm³/mol. The molecule has 0 saturated heterocycles. The van der Waals surface area contributed by atoms with Gasteiger partial charge < -0.3 is 15.4 Å². The van der Waals surface area contributed by atoms with E-state index in [1.807, 2.05) is 0 Å². The molecule has 88 valence electrons. The van der Waals surface area contributed by atoms with Crippen LogP contribution in [0.25, 0.3) is 0 Å². The van der Waals surface area contributed by atoms with Gasteiger partial charge >= 0.3 is 0 Å². The molecule has 4 heteroatoms. The quantitative estimate of drug-likeness (QED) is 0.723. The van der Waals surface area contributed by atoms with E-state index in [9.17, 15) is 0 Å². The van der Waals surface area contributed by atoms with Crippen molar-refractivity contribution in [2.75, 3.05) is 7.11 Å². The highest BCUT2D eigenvalue weighted by Gasteiger charge is 2.48. The SMILES string of the molecule is COC1CC(NC(=S)NC(C)C)C1(C)C. The summed E-state index contributed by atoms with van der Waals surface area (Å²) in [4.78, 5) is 0. The maximum Gasteiger partial charge on any atom is 0.166 e. The number of ether oxygens (including phenoxy) is 1. The van der Waals surface area contributed by atoms with Gasteiger partial charge in [0.15, 0.2) is 5.11 Å². The van der Waals surface area contributed by atoms with Crippen molar-refractivity contribution in [1.82, 2.24) is 10.6 Å². The number of hydrogen-bond acceptors (Lipinski definition) is 2. The predicted octanol–water partition coefficient (Wildman–Crippen LogP) is 1.67. The molecule has 2 N–H and O–H groups in total. The number of nitrogens with one attached hydrogen (secondary N) is 2. The van der Waals surface area contributed by atoms with Gasteiger partial charge in [-0.3, -0.25) is 0 Å². The highest BCUT2D eigenvalue weighted by molar-refractivity contribution is 7.80. The van der Waals surface area contributed by atoms with Crippen LogP contribution in [0.4, 0.5) is 0 Å². The Morgan fingerprint density at radius 2 is 2.07 bits per heavy atom. The molecule has 1 fully saturated rings. The number of hydrogen-bond donors (Lipinski definition) is 2. The van der Waals surface area contributed by atoms with Gasteiger partial charge in [-0.2, -0.15) is 0 Å². The Labute approximate surface area is 98.0 Å². The van der Waals surface area contributed by atoms with Gasteiger partial charge in [-0.05, 0) is 32.5 Å². The van der Waals surface area contributed by atoms with E-state index >= 15 is 0 Å². The van der Waals surface area contributed by atoms with Crippen LogP contribution in [-0.4, -0.2) is 30.4 Å². The van der Waals surface area contributed by atoms with Crippen molar-refractivity contribution in [3.05, 3.63) is 0 Å². The zero-order chi connectivity index (χ0) is 11.6. The summed E-state index contributed by atoms with van der Waals surface area (Å²) >= 11 is 5.22.